The minimum absolute atomic E-state index is 0.0537. The van der Waals surface area contributed by atoms with Gasteiger partial charge in [-0.1, -0.05) is 140 Å². The fourth-order valence-corrected chi connectivity index (χ4v) is 11.1. The Morgan fingerprint density at radius 3 is 2.29 bits per heavy atom. The molecule has 0 saturated carbocycles. The molecule has 1 aromatic heterocycles. The van der Waals surface area contributed by atoms with Crippen molar-refractivity contribution in [2.45, 2.75) is 56.9 Å². The van der Waals surface area contributed by atoms with Crippen molar-refractivity contribution >= 4 is 28.1 Å². The van der Waals surface area contributed by atoms with Crippen molar-refractivity contribution in [3.05, 3.63) is 238 Å². The molecule has 1 aliphatic heterocycles. The van der Waals surface area contributed by atoms with Crippen molar-refractivity contribution in [1.82, 2.24) is 15.0 Å². The normalized spacial score (nSPS) is 22.7. The third kappa shape index (κ3) is 6.25. The molecule has 7 aliphatic rings. The number of hydrogen-bond acceptors (Lipinski definition) is 4. The Kier molecular flexibility index (Phi) is 9.04. The quantitative estimate of drug-likeness (QED) is 0.170. The Balaban J connectivity index is 1.06. The van der Waals surface area contributed by atoms with Crippen molar-refractivity contribution in [3.8, 4) is 22.5 Å². The van der Waals surface area contributed by atoms with E-state index >= 15 is 0 Å². The maximum Gasteiger partial charge on any atom is 0.164 e. The SMILES string of the molecule is CC1CC=CC=C1[C@@]1(c2ccccc2)C2=CC(N3c4cccc(c4)C4=CCCC(=C4)c4nc(C5=CC=C=C=C5)nc(n4)-c4cccc(c4)-c4cccc3c4)CC=C2C2=C1CCC=C2. The second-order valence-corrected chi connectivity index (χ2v) is 17.6. The van der Waals surface area contributed by atoms with Crippen molar-refractivity contribution in [2.75, 3.05) is 4.90 Å². The molecule has 302 valence electrons. The van der Waals surface area contributed by atoms with Gasteiger partial charge in [0.15, 0.2) is 17.5 Å². The molecule has 2 unspecified atom stereocenters. The fraction of sp³-hybridized carbons (Fsp3) is 0.169. The molecule has 0 amide bonds. The molecule has 6 aliphatic carbocycles. The van der Waals surface area contributed by atoms with Gasteiger partial charge in [-0.25, -0.2) is 15.0 Å². The Morgan fingerprint density at radius 2 is 1.44 bits per heavy atom. The van der Waals surface area contributed by atoms with Gasteiger partial charge in [0.2, 0.25) is 0 Å². The van der Waals surface area contributed by atoms with Crippen LogP contribution in [-0.2, 0) is 5.41 Å². The molecule has 0 spiro atoms. The molecule has 4 nitrogen and oxygen atoms in total. The van der Waals surface area contributed by atoms with E-state index in [1.54, 1.807) is 5.57 Å². The zero-order valence-electron chi connectivity index (χ0n) is 35.4. The number of hydrogen-bond donors (Lipinski definition) is 0. The van der Waals surface area contributed by atoms with Crippen LogP contribution in [0.5, 0.6) is 0 Å². The van der Waals surface area contributed by atoms with Gasteiger partial charge in [-0.3, -0.25) is 0 Å². The van der Waals surface area contributed by atoms with Crippen LogP contribution in [0.3, 0.4) is 0 Å². The van der Waals surface area contributed by atoms with E-state index in [2.05, 4.69) is 181 Å². The van der Waals surface area contributed by atoms with Crippen LogP contribution in [0.2, 0.25) is 0 Å². The summed E-state index contributed by atoms with van der Waals surface area (Å²) in [4.78, 5) is 17.9. The fourth-order valence-electron chi connectivity index (χ4n) is 11.1. The summed E-state index contributed by atoms with van der Waals surface area (Å²) >= 11 is 0. The van der Waals surface area contributed by atoms with Crippen LogP contribution < -0.4 is 4.90 Å². The van der Waals surface area contributed by atoms with Crippen LogP contribution in [0.4, 0.5) is 11.4 Å². The average Bonchev–Trinajstić information content (AvgIpc) is 3.65. The predicted octanol–water partition coefficient (Wildman–Crippen LogP) is 13.9. The second kappa shape index (κ2) is 15.2. The summed E-state index contributed by atoms with van der Waals surface area (Å²) in [5.74, 6) is 2.42. The lowest BCUT2D eigenvalue weighted by Crippen LogP contribution is -2.38. The molecule has 0 saturated heterocycles. The number of aromatic nitrogens is 3. The standard InChI is InChI=1S/C59H46N4/c1-39-16-8-10-30-53(39)59(47-25-6-3-7-26-47)54-31-11-9-29-51(54)52-33-32-50(38-55(52)59)63-48-27-14-21-43(36-48)41-19-12-23-45(34-41)57-60-56(40-17-4-2-5-18-40)61-58(62-57)46-24-13-20-42(35-46)44-22-15-28-49(63)37-44/h3-4,6-10,12,14-15,17-23,25-30,33-39,50H,11,13,16,24,31-32H2,1H3/t39?,50?,59-/m1/s1. The van der Waals surface area contributed by atoms with Gasteiger partial charge >= 0.3 is 0 Å². The Hall–Kier alpha value is -7.35. The van der Waals surface area contributed by atoms with E-state index < -0.39 is 0 Å². The molecule has 63 heavy (non-hydrogen) atoms. The van der Waals surface area contributed by atoms with Crippen LogP contribution >= 0.6 is 0 Å². The van der Waals surface area contributed by atoms with Gasteiger partial charge in [-0.2, -0.15) is 0 Å². The number of anilines is 2. The molecule has 4 heteroatoms. The van der Waals surface area contributed by atoms with Crippen molar-refractivity contribution < 1.29 is 0 Å². The van der Waals surface area contributed by atoms with Gasteiger partial charge in [0.05, 0.1) is 11.5 Å². The summed E-state index contributed by atoms with van der Waals surface area (Å²) in [6.45, 7) is 2.43. The van der Waals surface area contributed by atoms with E-state index in [9.17, 15) is 0 Å². The highest BCUT2D eigenvalue weighted by Crippen LogP contribution is 2.62. The second-order valence-electron chi connectivity index (χ2n) is 17.6. The number of allylic oxidation sites excluding steroid dienone is 18. The van der Waals surface area contributed by atoms with Crippen LogP contribution in [-0.4, -0.2) is 21.0 Å². The molecular weight excluding hydrogens is 765 g/mol. The minimum atomic E-state index is -0.337. The highest BCUT2D eigenvalue weighted by Gasteiger charge is 2.52. The molecule has 12 rings (SSSR count). The maximum absolute atomic E-state index is 5.17. The first-order chi connectivity index (χ1) is 31.1. The highest BCUT2D eigenvalue weighted by atomic mass is 15.2. The Morgan fingerprint density at radius 1 is 0.667 bits per heavy atom. The smallest absolute Gasteiger partial charge is 0.164 e. The van der Waals surface area contributed by atoms with E-state index in [0.717, 1.165) is 72.0 Å². The molecule has 5 aromatic rings. The lowest BCUT2D eigenvalue weighted by Gasteiger charge is -2.43. The number of nitrogens with zero attached hydrogens (tertiary/aromatic N) is 4. The molecule has 4 aromatic carbocycles. The zero-order chi connectivity index (χ0) is 41.9. The average molecular weight is 811 g/mol. The third-order valence-corrected chi connectivity index (χ3v) is 13.9. The van der Waals surface area contributed by atoms with E-state index in [1.165, 1.54) is 44.7 Å². The van der Waals surface area contributed by atoms with Gasteiger partial charge in [-0.15, -0.1) is 0 Å². The van der Waals surface area contributed by atoms with Crippen LogP contribution in [0, 0.1) is 5.92 Å². The third-order valence-electron chi connectivity index (χ3n) is 13.9. The Labute approximate surface area is 369 Å². The topological polar surface area (TPSA) is 41.9 Å². The first kappa shape index (κ1) is 37.4. The maximum atomic E-state index is 5.17. The number of rotatable bonds is 4. The molecule has 10 bridgehead atoms. The number of benzene rings is 4. The molecule has 3 atom stereocenters. The Bertz CT molecular complexity index is 3160. The first-order valence-electron chi connectivity index (χ1n) is 22.5. The van der Waals surface area contributed by atoms with Gasteiger partial charge in [-0.05, 0) is 160 Å². The van der Waals surface area contributed by atoms with Gasteiger partial charge in [0.1, 0.15) is 0 Å². The summed E-state index contributed by atoms with van der Waals surface area (Å²) in [6.07, 6.45) is 33.3. The predicted molar refractivity (Wildman–Crippen MR) is 258 cm³/mol. The van der Waals surface area contributed by atoms with Crippen molar-refractivity contribution in [1.29, 1.82) is 0 Å². The summed E-state index contributed by atoms with van der Waals surface area (Å²) < 4.78 is 0. The molecule has 0 radical (unpaired) electrons. The lowest BCUT2D eigenvalue weighted by atomic mass is 9.60. The van der Waals surface area contributed by atoms with E-state index in [-0.39, 0.29) is 11.5 Å². The molecule has 0 N–H and O–H groups in total. The lowest BCUT2D eigenvalue weighted by molar-refractivity contribution is 0.548. The molecular formula is C59H46N4. The van der Waals surface area contributed by atoms with Crippen LogP contribution in [0.1, 0.15) is 68.2 Å². The van der Waals surface area contributed by atoms with Gasteiger partial charge < -0.3 is 4.90 Å². The summed E-state index contributed by atoms with van der Waals surface area (Å²) in [7, 11) is 0. The van der Waals surface area contributed by atoms with Crippen LogP contribution in [0.15, 0.2) is 215 Å². The highest BCUT2D eigenvalue weighted by molar-refractivity contribution is 5.87. The zero-order valence-corrected chi connectivity index (χ0v) is 35.4. The minimum Gasteiger partial charge on any atom is -0.334 e. The first-order valence-corrected chi connectivity index (χ1v) is 22.5. The van der Waals surface area contributed by atoms with Crippen molar-refractivity contribution in [3.63, 3.8) is 0 Å². The van der Waals surface area contributed by atoms with E-state index in [4.69, 9.17) is 15.0 Å². The van der Waals surface area contributed by atoms with Gasteiger partial charge in [0.25, 0.3) is 0 Å². The summed E-state index contributed by atoms with van der Waals surface area (Å²) in [6, 6.07) is 38.4. The largest absolute Gasteiger partial charge is 0.334 e. The molecule has 2 heterocycles. The summed E-state index contributed by atoms with van der Waals surface area (Å²) in [5.41, 5.74) is 24.4. The monoisotopic (exact) mass is 810 g/mol. The summed E-state index contributed by atoms with van der Waals surface area (Å²) in [5, 5.41) is 0. The molecule has 0 fully saturated rings. The van der Waals surface area contributed by atoms with Crippen LogP contribution in [0.25, 0.3) is 39.2 Å². The van der Waals surface area contributed by atoms with Gasteiger partial charge in [0, 0.05) is 22.5 Å². The van der Waals surface area contributed by atoms with E-state index in [1.807, 2.05) is 18.2 Å². The van der Waals surface area contributed by atoms with Crippen molar-refractivity contribution in [2.24, 2.45) is 5.92 Å². The number of fused-ring (bicyclic) bond motifs is 15. The van der Waals surface area contributed by atoms with E-state index in [0.29, 0.717) is 23.4 Å².